The summed E-state index contributed by atoms with van der Waals surface area (Å²) in [7, 11) is 1.61. The predicted molar refractivity (Wildman–Crippen MR) is 114 cm³/mol. The molecule has 1 atom stereocenters. The number of nitrogens with one attached hydrogen (secondary N) is 1. The molecule has 1 heterocycles. The molecule has 30 heavy (non-hydrogen) atoms. The van der Waals surface area contributed by atoms with Crippen LogP contribution in [0.5, 0.6) is 5.75 Å². The number of ether oxygens (including phenoxy) is 1. The molecule has 0 aliphatic heterocycles. The van der Waals surface area contributed by atoms with Gasteiger partial charge < -0.3 is 19.6 Å². The first-order valence-corrected chi connectivity index (χ1v) is 9.82. The summed E-state index contributed by atoms with van der Waals surface area (Å²) < 4.78 is 10.9. The minimum atomic E-state index is -1.09. The quantitative estimate of drug-likeness (QED) is 0.530. The van der Waals surface area contributed by atoms with Crippen LogP contribution >= 0.6 is 11.6 Å². The molecule has 0 saturated carbocycles. The predicted octanol–water partition coefficient (Wildman–Crippen LogP) is 4.35. The van der Waals surface area contributed by atoms with E-state index in [4.69, 9.17) is 20.8 Å². The monoisotopic (exact) mass is 427 g/mol. The van der Waals surface area contributed by atoms with E-state index < -0.39 is 12.0 Å². The van der Waals surface area contributed by atoms with Crippen LogP contribution in [-0.2, 0) is 22.4 Å². The molecule has 1 amide bonds. The number of methoxy groups -OCH3 is 1. The van der Waals surface area contributed by atoms with E-state index in [1.54, 1.807) is 31.4 Å². The summed E-state index contributed by atoms with van der Waals surface area (Å²) in [5, 5.41) is 12.5. The number of benzene rings is 2. The van der Waals surface area contributed by atoms with Gasteiger partial charge >= 0.3 is 5.97 Å². The Kier molecular flexibility index (Phi) is 7.14. The van der Waals surface area contributed by atoms with Crippen LogP contribution in [0.4, 0.5) is 0 Å². The smallest absolute Gasteiger partial charge is 0.326 e. The van der Waals surface area contributed by atoms with Crippen LogP contribution in [0.2, 0.25) is 5.02 Å². The fourth-order valence-electron chi connectivity index (χ4n) is 3.03. The Bertz CT molecular complexity index is 1010. The van der Waals surface area contributed by atoms with E-state index in [0.29, 0.717) is 23.0 Å². The molecule has 0 aliphatic carbocycles. The molecular weight excluding hydrogens is 406 g/mol. The van der Waals surface area contributed by atoms with E-state index >= 15 is 0 Å². The molecule has 0 bridgehead atoms. The maximum absolute atomic E-state index is 12.3. The van der Waals surface area contributed by atoms with Crippen molar-refractivity contribution in [2.24, 2.45) is 0 Å². The van der Waals surface area contributed by atoms with Gasteiger partial charge in [-0.1, -0.05) is 23.7 Å². The van der Waals surface area contributed by atoms with Crippen molar-refractivity contribution < 1.29 is 23.8 Å². The maximum Gasteiger partial charge on any atom is 0.326 e. The second-order valence-electron chi connectivity index (χ2n) is 6.79. The summed E-state index contributed by atoms with van der Waals surface area (Å²) in [6.07, 6.45) is 0.643. The number of hydrogen-bond acceptors (Lipinski definition) is 4. The van der Waals surface area contributed by atoms with Gasteiger partial charge in [0.2, 0.25) is 5.91 Å². The second-order valence-corrected chi connectivity index (χ2v) is 7.22. The number of carboxylic acids is 1. The lowest BCUT2D eigenvalue weighted by Gasteiger charge is -2.14. The van der Waals surface area contributed by atoms with Gasteiger partial charge in [-0.25, -0.2) is 4.79 Å². The van der Waals surface area contributed by atoms with Crippen LogP contribution in [0.15, 0.2) is 65.1 Å². The highest BCUT2D eigenvalue weighted by atomic mass is 35.5. The fourth-order valence-corrected chi connectivity index (χ4v) is 3.24. The van der Waals surface area contributed by atoms with E-state index in [0.717, 1.165) is 16.9 Å². The maximum atomic E-state index is 12.3. The van der Waals surface area contributed by atoms with Gasteiger partial charge in [-0.2, -0.15) is 0 Å². The summed E-state index contributed by atoms with van der Waals surface area (Å²) >= 11 is 5.94. The SMILES string of the molecule is COc1ccc(-c2ccc(CCC(=O)NC(Cc3cccc(Cl)c3)C(=O)O)o2)cc1. The lowest BCUT2D eigenvalue weighted by atomic mass is 10.1. The zero-order valence-corrected chi connectivity index (χ0v) is 17.2. The Labute approximate surface area is 179 Å². The number of carboxylic acid groups (broad SMARTS) is 1. The third kappa shape index (κ3) is 5.87. The van der Waals surface area contributed by atoms with Crippen LogP contribution in [0, 0.1) is 0 Å². The molecule has 0 fully saturated rings. The number of carbonyl (C=O) groups excluding carboxylic acids is 1. The first kappa shape index (κ1) is 21.5. The third-order valence-corrected chi connectivity index (χ3v) is 4.83. The number of halogens is 1. The van der Waals surface area contributed by atoms with E-state index in [1.165, 1.54) is 0 Å². The van der Waals surface area contributed by atoms with Crippen LogP contribution in [-0.4, -0.2) is 30.1 Å². The van der Waals surface area contributed by atoms with E-state index in [2.05, 4.69) is 5.32 Å². The van der Waals surface area contributed by atoms with Crippen molar-refractivity contribution >= 4 is 23.5 Å². The van der Waals surface area contributed by atoms with Crippen LogP contribution < -0.4 is 10.1 Å². The van der Waals surface area contributed by atoms with Crippen LogP contribution in [0.3, 0.4) is 0 Å². The first-order chi connectivity index (χ1) is 14.4. The van der Waals surface area contributed by atoms with Gasteiger partial charge in [0.1, 0.15) is 23.3 Å². The molecule has 2 aromatic carbocycles. The van der Waals surface area contributed by atoms with Gasteiger partial charge in [-0.15, -0.1) is 0 Å². The molecule has 1 unspecified atom stereocenters. The zero-order chi connectivity index (χ0) is 21.5. The lowest BCUT2D eigenvalue weighted by molar-refractivity contribution is -0.141. The third-order valence-electron chi connectivity index (χ3n) is 4.60. The van der Waals surface area contributed by atoms with Crippen molar-refractivity contribution in [3.63, 3.8) is 0 Å². The highest BCUT2D eigenvalue weighted by Crippen LogP contribution is 2.25. The number of aliphatic carboxylic acids is 1. The summed E-state index contributed by atoms with van der Waals surface area (Å²) in [5.41, 5.74) is 1.64. The number of aryl methyl sites for hydroxylation is 1. The molecule has 0 aliphatic rings. The van der Waals surface area contributed by atoms with Crippen LogP contribution in [0.25, 0.3) is 11.3 Å². The molecule has 156 valence electrons. The van der Waals surface area contributed by atoms with Crippen molar-refractivity contribution in [3.05, 3.63) is 77.0 Å². The van der Waals surface area contributed by atoms with Crippen molar-refractivity contribution in [1.82, 2.24) is 5.32 Å². The Hall–Kier alpha value is -3.25. The number of hydrogen-bond donors (Lipinski definition) is 2. The van der Waals surface area contributed by atoms with Crippen LogP contribution in [0.1, 0.15) is 17.7 Å². The number of furan rings is 1. The zero-order valence-electron chi connectivity index (χ0n) is 16.4. The molecule has 0 radical (unpaired) electrons. The van der Waals surface area contributed by atoms with Crippen molar-refractivity contribution in [1.29, 1.82) is 0 Å². The number of rotatable bonds is 9. The van der Waals surface area contributed by atoms with Crippen molar-refractivity contribution in [2.45, 2.75) is 25.3 Å². The van der Waals surface area contributed by atoms with Crippen molar-refractivity contribution in [3.8, 4) is 17.1 Å². The van der Waals surface area contributed by atoms with E-state index in [9.17, 15) is 14.7 Å². The van der Waals surface area contributed by atoms with Gasteiger partial charge in [-0.3, -0.25) is 4.79 Å². The molecule has 3 aromatic rings. The Balaban J connectivity index is 1.55. The fraction of sp³-hybridized carbons (Fsp3) is 0.217. The molecule has 6 nitrogen and oxygen atoms in total. The molecular formula is C23H22ClNO5. The number of carbonyl (C=O) groups is 2. The second kappa shape index (κ2) is 9.98. The van der Waals surface area contributed by atoms with E-state index in [-0.39, 0.29) is 18.7 Å². The van der Waals surface area contributed by atoms with Gasteiger partial charge in [0, 0.05) is 29.8 Å². The summed E-state index contributed by atoms with van der Waals surface area (Å²) in [5.74, 6) is 0.651. The molecule has 1 aromatic heterocycles. The Morgan fingerprint density at radius 1 is 1.13 bits per heavy atom. The summed E-state index contributed by atoms with van der Waals surface area (Å²) in [6, 6.07) is 17.0. The Morgan fingerprint density at radius 3 is 2.57 bits per heavy atom. The molecule has 0 spiro atoms. The van der Waals surface area contributed by atoms with Gasteiger partial charge in [-0.05, 0) is 54.1 Å². The number of amides is 1. The first-order valence-electron chi connectivity index (χ1n) is 9.44. The average molecular weight is 428 g/mol. The topological polar surface area (TPSA) is 88.8 Å². The standard InChI is InChI=1S/C23H22ClNO5/c1-29-18-7-5-16(6-8-18)21-11-9-19(30-21)10-12-22(26)25-20(23(27)28)14-15-3-2-4-17(24)13-15/h2-9,11,13,20H,10,12,14H2,1H3,(H,25,26)(H,27,28). The van der Waals surface area contributed by atoms with Gasteiger partial charge in [0.25, 0.3) is 0 Å². The molecule has 7 heteroatoms. The largest absolute Gasteiger partial charge is 0.497 e. The summed E-state index contributed by atoms with van der Waals surface area (Å²) in [6.45, 7) is 0. The van der Waals surface area contributed by atoms with Gasteiger partial charge in [0.15, 0.2) is 0 Å². The molecule has 0 saturated heterocycles. The van der Waals surface area contributed by atoms with E-state index in [1.807, 2.05) is 36.4 Å². The minimum Gasteiger partial charge on any atom is -0.497 e. The summed E-state index contributed by atoms with van der Waals surface area (Å²) in [4.78, 5) is 23.8. The Morgan fingerprint density at radius 2 is 1.90 bits per heavy atom. The molecule has 3 rings (SSSR count). The van der Waals surface area contributed by atoms with Crippen molar-refractivity contribution in [2.75, 3.05) is 7.11 Å². The highest BCUT2D eigenvalue weighted by molar-refractivity contribution is 6.30. The minimum absolute atomic E-state index is 0.120. The normalized spacial score (nSPS) is 11.7. The average Bonchev–Trinajstić information content (AvgIpc) is 3.21. The molecule has 2 N–H and O–H groups in total. The van der Waals surface area contributed by atoms with Gasteiger partial charge in [0.05, 0.1) is 7.11 Å². The lowest BCUT2D eigenvalue weighted by Crippen LogP contribution is -2.42. The highest BCUT2D eigenvalue weighted by Gasteiger charge is 2.20.